The van der Waals surface area contributed by atoms with E-state index in [2.05, 4.69) is 6.92 Å². The molecule has 0 aromatic heterocycles. The Morgan fingerprint density at radius 2 is 1.50 bits per heavy atom. The minimum absolute atomic E-state index is 0.316. The first-order chi connectivity index (χ1) is 11.4. The van der Waals surface area contributed by atoms with E-state index < -0.39 is 0 Å². The molecule has 0 spiro atoms. The molecular formula is C19H29NO4. The third-order valence-corrected chi connectivity index (χ3v) is 3.89. The van der Waals surface area contributed by atoms with E-state index in [-0.39, 0.29) is 24.3 Å². The minimum Gasteiger partial charge on any atom is -0.459 e. The highest BCUT2D eigenvalue weighted by atomic mass is 16.6. The molecular weight excluding hydrogens is 306 g/mol. The summed E-state index contributed by atoms with van der Waals surface area (Å²) in [6.45, 7) is 10.7. The van der Waals surface area contributed by atoms with Crippen LogP contribution >= 0.6 is 0 Å². The van der Waals surface area contributed by atoms with E-state index in [1.54, 1.807) is 24.0 Å². The Kier molecular flexibility index (Phi) is 8.30. The Labute approximate surface area is 144 Å². The van der Waals surface area contributed by atoms with Gasteiger partial charge in [0.05, 0.1) is 5.56 Å². The van der Waals surface area contributed by atoms with Crippen molar-refractivity contribution in [2.75, 3.05) is 13.1 Å². The van der Waals surface area contributed by atoms with Crippen LogP contribution in [0.3, 0.4) is 0 Å². The number of carbonyl (C=O) groups excluding carboxylic acids is 2. The monoisotopic (exact) mass is 335 g/mol. The highest BCUT2D eigenvalue weighted by Crippen LogP contribution is 2.12. The molecule has 5 heteroatoms. The molecule has 2 unspecified atom stereocenters. The molecule has 5 nitrogen and oxygen atoms in total. The molecule has 0 bridgehead atoms. The first-order valence-electron chi connectivity index (χ1n) is 8.66. The first-order valence-corrected chi connectivity index (χ1v) is 8.66. The molecule has 24 heavy (non-hydrogen) atoms. The van der Waals surface area contributed by atoms with Crippen molar-refractivity contribution in [2.45, 2.75) is 59.7 Å². The average Bonchev–Trinajstić information content (AvgIpc) is 2.55. The predicted molar refractivity (Wildman–Crippen MR) is 94.2 cm³/mol. The second-order valence-corrected chi connectivity index (χ2v) is 5.87. The molecule has 1 amide bonds. The van der Waals surface area contributed by atoms with E-state index >= 15 is 0 Å². The Bertz CT molecular complexity index is 523. The minimum atomic E-state index is -0.354. The van der Waals surface area contributed by atoms with Crippen LogP contribution in [0.5, 0.6) is 0 Å². The standard InChI is InChI=1S/C19H29NO4/c1-6-16-9-11-17(12-10-16)18(21)23-14(4)13-15(5)24-19(22)20(7-2)8-3/h9-12,14-15H,6-8,13H2,1-5H3. The van der Waals surface area contributed by atoms with Gasteiger partial charge in [0.25, 0.3) is 0 Å². The predicted octanol–water partition coefficient (Wildman–Crippen LogP) is 4.05. The van der Waals surface area contributed by atoms with Crippen LogP contribution < -0.4 is 0 Å². The van der Waals surface area contributed by atoms with Crippen LogP contribution in [-0.2, 0) is 15.9 Å². The number of hydrogen-bond donors (Lipinski definition) is 0. The largest absolute Gasteiger partial charge is 0.459 e. The summed E-state index contributed by atoms with van der Waals surface area (Å²) >= 11 is 0. The van der Waals surface area contributed by atoms with Gasteiger partial charge in [0.2, 0.25) is 0 Å². The van der Waals surface area contributed by atoms with Crippen molar-refractivity contribution in [2.24, 2.45) is 0 Å². The van der Waals surface area contributed by atoms with Gasteiger partial charge in [-0.15, -0.1) is 0 Å². The fourth-order valence-corrected chi connectivity index (χ4v) is 2.42. The van der Waals surface area contributed by atoms with Crippen LogP contribution in [0.15, 0.2) is 24.3 Å². The van der Waals surface area contributed by atoms with Gasteiger partial charge in [0, 0.05) is 19.5 Å². The fraction of sp³-hybridized carbons (Fsp3) is 0.579. The molecule has 0 heterocycles. The summed E-state index contributed by atoms with van der Waals surface area (Å²) in [5, 5.41) is 0. The number of esters is 1. The number of ether oxygens (including phenoxy) is 2. The van der Waals surface area contributed by atoms with Crippen LogP contribution in [0.25, 0.3) is 0 Å². The molecule has 1 aromatic carbocycles. The van der Waals surface area contributed by atoms with Crippen LogP contribution in [0.4, 0.5) is 4.79 Å². The lowest BCUT2D eigenvalue weighted by atomic mass is 10.1. The van der Waals surface area contributed by atoms with Crippen molar-refractivity contribution >= 4 is 12.1 Å². The molecule has 1 aromatic rings. The van der Waals surface area contributed by atoms with Gasteiger partial charge in [-0.25, -0.2) is 9.59 Å². The van der Waals surface area contributed by atoms with Gasteiger partial charge in [-0.1, -0.05) is 19.1 Å². The van der Waals surface area contributed by atoms with Crippen molar-refractivity contribution in [1.82, 2.24) is 4.90 Å². The van der Waals surface area contributed by atoms with Gasteiger partial charge < -0.3 is 14.4 Å². The first kappa shape index (κ1) is 20.0. The van der Waals surface area contributed by atoms with Gasteiger partial charge >= 0.3 is 12.1 Å². The van der Waals surface area contributed by atoms with E-state index in [4.69, 9.17) is 9.47 Å². The SMILES string of the molecule is CCc1ccc(C(=O)OC(C)CC(C)OC(=O)N(CC)CC)cc1. The zero-order valence-corrected chi connectivity index (χ0v) is 15.4. The summed E-state index contributed by atoms with van der Waals surface area (Å²) in [5.41, 5.74) is 1.71. The number of rotatable bonds is 8. The number of aryl methyl sites for hydroxylation is 1. The lowest BCUT2D eigenvalue weighted by Crippen LogP contribution is -2.34. The molecule has 0 aliphatic carbocycles. The number of amides is 1. The van der Waals surface area contributed by atoms with E-state index in [9.17, 15) is 9.59 Å². The zero-order valence-electron chi connectivity index (χ0n) is 15.4. The summed E-state index contributed by atoms with van der Waals surface area (Å²) in [6, 6.07) is 7.40. The molecule has 0 N–H and O–H groups in total. The van der Waals surface area contributed by atoms with Gasteiger partial charge in [-0.3, -0.25) is 0 Å². The summed E-state index contributed by atoms with van der Waals surface area (Å²) in [6.07, 6.45) is 0.417. The molecule has 0 saturated carbocycles. The quantitative estimate of drug-likeness (QED) is 0.673. The molecule has 0 radical (unpaired) electrons. The van der Waals surface area contributed by atoms with Crippen LogP contribution in [0.2, 0.25) is 0 Å². The maximum atomic E-state index is 12.1. The Balaban J connectivity index is 2.47. The lowest BCUT2D eigenvalue weighted by molar-refractivity contribution is 0.0141. The van der Waals surface area contributed by atoms with Crippen molar-refractivity contribution < 1.29 is 19.1 Å². The summed E-state index contributed by atoms with van der Waals surface area (Å²) in [5.74, 6) is -0.354. The number of hydrogen-bond acceptors (Lipinski definition) is 4. The van der Waals surface area contributed by atoms with Crippen LogP contribution in [0, 0.1) is 0 Å². The van der Waals surface area contributed by atoms with Gasteiger partial charge in [0.15, 0.2) is 0 Å². The molecule has 0 aliphatic heterocycles. The Morgan fingerprint density at radius 3 is 2.00 bits per heavy atom. The topological polar surface area (TPSA) is 55.8 Å². The van der Waals surface area contributed by atoms with E-state index in [1.165, 1.54) is 5.56 Å². The molecule has 0 saturated heterocycles. The molecule has 0 aliphatic rings. The smallest absolute Gasteiger partial charge is 0.410 e. The highest BCUT2D eigenvalue weighted by molar-refractivity contribution is 5.89. The van der Waals surface area contributed by atoms with Crippen LogP contribution in [-0.4, -0.2) is 42.3 Å². The zero-order chi connectivity index (χ0) is 18.1. The third kappa shape index (κ3) is 6.22. The van der Waals surface area contributed by atoms with E-state index in [0.717, 1.165) is 6.42 Å². The molecule has 1 rings (SSSR count). The third-order valence-electron chi connectivity index (χ3n) is 3.89. The number of carbonyl (C=O) groups is 2. The summed E-state index contributed by atoms with van der Waals surface area (Å²) in [7, 11) is 0. The van der Waals surface area contributed by atoms with Crippen molar-refractivity contribution in [3.05, 3.63) is 35.4 Å². The van der Waals surface area contributed by atoms with Crippen molar-refractivity contribution in [1.29, 1.82) is 0 Å². The molecule has 2 atom stereocenters. The van der Waals surface area contributed by atoms with Gasteiger partial charge in [0.1, 0.15) is 12.2 Å². The average molecular weight is 335 g/mol. The Morgan fingerprint density at radius 1 is 0.958 bits per heavy atom. The fourth-order valence-electron chi connectivity index (χ4n) is 2.42. The van der Waals surface area contributed by atoms with E-state index in [1.807, 2.05) is 32.9 Å². The van der Waals surface area contributed by atoms with Crippen molar-refractivity contribution in [3.63, 3.8) is 0 Å². The molecule has 0 fully saturated rings. The van der Waals surface area contributed by atoms with Crippen molar-refractivity contribution in [3.8, 4) is 0 Å². The summed E-state index contributed by atoms with van der Waals surface area (Å²) < 4.78 is 10.8. The summed E-state index contributed by atoms with van der Waals surface area (Å²) in [4.78, 5) is 25.6. The molecule has 134 valence electrons. The maximum Gasteiger partial charge on any atom is 0.410 e. The second-order valence-electron chi connectivity index (χ2n) is 5.87. The lowest BCUT2D eigenvalue weighted by Gasteiger charge is -2.23. The maximum absolute atomic E-state index is 12.1. The highest BCUT2D eigenvalue weighted by Gasteiger charge is 2.19. The van der Waals surface area contributed by atoms with E-state index in [0.29, 0.717) is 25.1 Å². The van der Waals surface area contributed by atoms with Gasteiger partial charge in [-0.2, -0.15) is 0 Å². The van der Waals surface area contributed by atoms with Crippen LogP contribution in [0.1, 0.15) is 57.0 Å². The second kappa shape index (κ2) is 9.96. The van der Waals surface area contributed by atoms with Gasteiger partial charge in [-0.05, 0) is 51.8 Å². The number of nitrogens with zero attached hydrogens (tertiary/aromatic N) is 1. The Hall–Kier alpha value is -2.04. The normalized spacial score (nSPS) is 13.0. The number of benzene rings is 1.